The maximum Gasteiger partial charge on any atom is 0.117 e. The normalized spacial score (nSPS) is 26.7. The molecule has 60 valence electrons. The fraction of sp³-hybridized carbons (Fsp3) is 1.00. The molecular weight excluding hydrogens is 146 g/mol. The summed E-state index contributed by atoms with van der Waals surface area (Å²) in [6.07, 6.45) is 1.43. The molecule has 0 aromatic heterocycles. The maximum atomic E-state index is 5.50. The quantitative estimate of drug-likeness (QED) is 0.669. The van der Waals surface area contributed by atoms with E-state index >= 15 is 0 Å². The summed E-state index contributed by atoms with van der Waals surface area (Å²) in [5, 5.41) is 3.31. The van der Waals surface area contributed by atoms with E-state index in [0.717, 1.165) is 25.3 Å². The highest BCUT2D eigenvalue weighted by Crippen LogP contribution is 2.08. The van der Waals surface area contributed by atoms with E-state index in [1.807, 2.05) is 11.8 Å². The molecule has 3 heteroatoms. The van der Waals surface area contributed by atoms with Crippen LogP contribution in [0.15, 0.2) is 0 Å². The Morgan fingerprint density at radius 3 is 3.20 bits per heavy atom. The van der Waals surface area contributed by atoms with Gasteiger partial charge in [0, 0.05) is 24.7 Å². The Morgan fingerprint density at radius 1 is 1.70 bits per heavy atom. The van der Waals surface area contributed by atoms with Gasteiger partial charge < -0.3 is 4.74 Å². The summed E-state index contributed by atoms with van der Waals surface area (Å²) in [5.74, 6) is 2.34. The zero-order valence-corrected chi connectivity index (χ0v) is 7.25. The lowest BCUT2D eigenvalue weighted by atomic mass is 10.5. The van der Waals surface area contributed by atoms with Crippen molar-refractivity contribution in [1.82, 2.24) is 5.32 Å². The predicted octanol–water partition coefficient (Wildman–Crippen LogP) is 1.08. The summed E-state index contributed by atoms with van der Waals surface area (Å²) in [5.41, 5.74) is 0. The van der Waals surface area contributed by atoms with E-state index in [2.05, 4.69) is 12.2 Å². The number of ether oxygens (including phenoxy) is 1. The van der Waals surface area contributed by atoms with Gasteiger partial charge in [0.15, 0.2) is 0 Å². The van der Waals surface area contributed by atoms with Crippen LogP contribution in [-0.2, 0) is 4.74 Å². The zero-order chi connectivity index (χ0) is 7.23. The molecule has 0 radical (unpaired) electrons. The topological polar surface area (TPSA) is 21.3 Å². The summed E-state index contributed by atoms with van der Waals surface area (Å²) in [6, 6.07) is 0. The summed E-state index contributed by atoms with van der Waals surface area (Å²) in [4.78, 5) is 0. The smallest absolute Gasteiger partial charge is 0.117 e. The van der Waals surface area contributed by atoms with Gasteiger partial charge in [0.2, 0.25) is 0 Å². The Hall–Kier alpha value is 0.270. The van der Waals surface area contributed by atoms with Gasteiger partial charge in [-0.25, -0.2) is 0 Å². The number of nitrogens with one attached hydrogen (secondary N) is 1. The molecule has 1 unspecified atom stereocenters. The van der Waals surface area contributed by atoms with Crippen molar-refractivity contribution in [2.75, 3.05) is 24.7 Å². The molecule has 0 bridgehead atoms. The minimum absolute atomic E-state index is 0.318. The largest absolute Gasteiger partial charge is 0.363 e. The Balaban J connectivity index is 2.02. The fourth-order valence-corrected chi connectivity index (χ4v) is 1.77. The third kappa shape index (κ3) is 2.90. The highest BCUT2D eigenvalue weighted by atomic mass is 32.2. The van der Waals surface area contributed by atoms with Crippen molar-refractivity contribution < 1.29 is 4.74 Å². The summed E-state index contributed by atoms with van der Waals surface area (Å²) in [6.45, 7) is 4.12. The highest BCUT2D eigenvalue weighted by Gasteiger charge is 2.11. The van der Waals surface area contributed by atoms with E-state index in [0.29, 0.717) is 6.23 Å². The highest BCUT2D eigenvalue weighted by molar-refractivity contribution is 7.99. The van der Waals surface area contributed by atoms with Crippen LogP contribution in [0, 0.1) is 0 Å². The zero-order valence-electron chi connectivity index (χ0n) is 6.43. The van der Waals surface area contributed by atoms with Crippen molar-refractivity contribution in [1.29, 1.82) is 0 Å². The van der Waals surface area contributed by atoms with Gasteiger partial charge in [0.05, 0.1) is 0 Å². The molecule has 0 saturated carbocycles. The van der Waals surface area contributed by atoms with Crippen LogP contribution in [0.5, 0.6) is 0 Å². The van der Waals surface area contributed by atoms with Crippen LogP contribution in [0.4, 0.5) is 0 Å². The van der Waals surface area contributed by atoms with Gasteiger partial charge in [-0.15, -0.1) is 0 Å². The van der Waals surface area contributed by atoms with Crippen LogP contribution in [-0.4, -0.2) is 30.9 Å². The Labute approximate surface area is 66.7 Å². The number of rotatable bonds is 3. The van der Waals surface area contributed by atoms with Crippen LogP contribution in [0.25, 0.3) is 0 Å². The Bertz CT molecular complexity index is 83.7. The van der Waals surface area contributed by atoms with E-state index in [1.165, 1.54) is 5.75 Å². The summed E-state index contributed by atoms with van der Waals surface area (Å²) >= 11 is 1.97. The molecule has 2 nitrogen and oxygen atoms in total. The van der Waals surface area contributed by atoms with Gasteiger partial charge in [0.25, 0.3) is 0 Å². The fourth-order valence-electron chi connectivity index (χ4n) is 0.909. The van der Waals surface area contributed by atoms with Gasteiger partial charge in [-0.05, 0) is 6.42 Å². The third-order valence-corrected chi connectivity index (χ3v) is 2.44. The molecule has 1 aliphatic heterocycles. The molecule has 10 heavy (non-hydrogen) atoms. The van der Waals surface area contributed by atoms with Gasteiger partial charge >= 0.3 is 0 Å². The second-order valence-corrected chi connectivity index (χ2v) is 3.54. The van der Waals surface area contributed by atoms with Crippen molar-refractivity contribution in [3.05, 3.63) is 0 Å². The second kappa shape index (κ2) is 4.99. The molecule has 0 amide bonds. The van der Waals surface area contributed by atoms with E-state index in [9.17, 15) is 0 Å². The standard InChI is InChI=1S/C7H15NOS/c1-2-4-9-7-6-10-5-3-8-7/h7-8H,2-6H2,1H3. The van der Waals surface area contributed by atoms with E-state index < -0.39 is 0 Å². The van der Waals surface area contributed by atoms with E-state index in [-0.39, 0.29) is 0 Å². The monoisotopic (exact) mass is 161 g/mol. The predicted molar refractivity (Wildman–Crippen MR) is 45.4 cm³/mol. The lowest BCUT2D eigenvalue weighted by Crippen LogP contribution is -2.39. The average Bonchev–Trinajstić information content (AvgIpc) is 2.03. The Morgan fingerprint density at radius 2 is 2.60 bits per heavy atom. The summed E-state index contributed by atoms with van der Waals surface area (Å²) in [7, 11) is 0. The first-order chi connectivity index (χ1) is 4.93. The summed E-state index contributed by atoms with van der Waals surface area (Å²) < 4.78 is 5.50. The molecule has 0 aliphatic carbocycles. The van der Waals surface area contributed by atoms with Crippen molar-refractivity contribution in [2.45, 2.75) is 19.6 Å². The first kappa shape index (κ1) is 8.37. The second-order valence-electron chi connectivity index (χ2n) is 2.39. The SMILES string of the molecule is CCCOC1CSCCN1. The molecule has 1 fully saturated rings. The maximum absolute atomic E-state index is 5.50. The number of thioether (sulfide) groups is 1. The molecule has 1 heterocycles. The molecule has 1 N–H and O–H groups in total. The van der Waals surface area contributed by atoms with Gasteiger partial charge in [-0.1, -0.05) is 6.92 Å². The van der Waals surface area contributed by atoms with Crippen molar-refractivity contribution >= 4 is 11.8 Å². The van der Waals surface area contributed by atoms with Crippen molar-refractivity contribution in [3.63, 3.8) is 0 Å². The van der Waals surface area contributed by atoms with E-state index in [4.69, 9.17) is 4.74 Å². The first-order valence-corrected chi connectivity index (χ1v) is 5.01. The lowest BCUT2D eigenvalue weighted by Gasteiger charge is -2.22. The molecular formula is C7H15NOS. The lowest BCUT2D eigenvalue weighted by molar-refractivity contribution is 0.0461. The molecule has 1 rings (SSSR count). The minimum Gasteiger partial charge on any atom is -0.363 e. The number of hydrogen-bond acceptors (Lipinski definition) is 3. The van der Waals surface area contributed by atoms with Gasteiger partial charge in [-0.2, -0.15) is 11.8 Å². The van der Waals surface area contributed by atoms with Crippen LogP contribution in [0.1, 0.15) is 13.3 Å². The number of hydrogen-bond donors (Lipinski definition) is 1. The average molecular weight is 161 g/mol. The van der Waals surface area contributed by atoms with Crippen LogP contribution >= 0.6 is 11.8 Å². The van der Waals surface area contributed by atoms with Gasteiger partial charge in [0.1, 0.15) is 6.23 Å². The Kier molecular flexibility index (Phi) is 4.18. The van der Waals surface area contributed by atoms with Crippen LogP contribution in [0.2, 0.25) is 0 Å². The van der Waals surface area contributed by atoms with Gasteiger partial charge in [-0.3, -0.25) is 5.32 Å². The molecule has 0 spiro atoms. The van der Waals surface area contributed by atoms with Crippen molar-refractivity contribution in [2.24, 2.45) is 0 Å². The van der Waals surface area contributed by atoms with E-state index in [1.54, 1.807) is 0 Å². The van der Waals surface area contributed by atoms with Crippen LogP contribution < -0.4 is 5.32 Å². The molecule has 0 aromatic carbocycles. The molecule has 0 aromatic rings. The first-order valence-electron chi connectivity index (χ1n) is 3.86. The van der Waals surface area contributed by atoms with Crippen LogP contribution in [0.3, 0.4) is 0 Å². The molecule has 1 aliphatic rings. The molecule has 1 saturated heterocycles. The minimum atomic E-state index is 0.318. The molecule has 1 atom stereocenters. The third-order valence-electron chi connectivity index (χ3n) is 1.41. The van der Waals surface area contributed by atoms with Crippen molar-refractivity contribution in [3.8, 4) is 0 Å².